The third-order valence-corrected chi connectivity index (χ3v) is 4.19. The van der Waals surface area contributed by atoms with Crippen LogP contribution < -0.4 is 16.2 Å². The molecule has 0 bridgehead atoms. The lowest BCUT2D eigenvalue weighted by atomic mass is 9.83. The maximum Gasteiger partial charge on any atom is 0.287 e. The lowest BCUT2D eigenvalue weighted by molar-refractivity contribution is 0.253. The van der Waals surface area contributed by atoms with Crippen LogP contribution in [0.3, 0.4) is 0 Å². The van der Waals surface area contributed by atoms with E-state index in [0.29, 0.717) is 5.69 Å². The Balaban J connectivity index is 2.10. The van der Waals surface area contributed by atoms with Crippen LogP contribution in [0.2, 0.25) is 5.02 Å². The fourth-order valence-electron chi connectivity index (χ4n) is 2.51. The van der Waals surface area contributed by atoms with E-state index in [1.807, 2.05) is 13.8 Å². The number of halogens is 1. The van der Waals surface area contributed by atoms with Crippen LogP contribution in [0.1, 0.15) is 39.7 Å². The normalized spacial score (nSPS) is 23.1. The van der Waals surface area contributed by atoms with Crippen molar-refractivity contribution in [3.8, 4) is 0 Å². The largest absolute Gasteiger partial charge is 0.382 e. The number of hydrogen-bond donors (Lipinski definition) is 2. The van der Waals surface area contributed by atoms with E-state index >= 15 is 0 Å². The van der Waals surface area contributed by atoms with Crippen molar-refractivity contribution in [2.45, 2.75) is 39.7 Å². The molecule has 5 nitrogen and oxygen atoms in total. The molecule has 0 amide bonds. The van der Waals surface area contributed by atoms with E-state index in [2.05, 4.69) is 22.7 Å². The Labute approximate surface area is 124 Å². The first-order chi connectivity index (χ1) is 9.43. The summed E-state index contributed by atoms with van der Waals surface area (Å²) in [5.74, 6) is 0. The Morgan fingerprint density at radius 2 is 2.35 bits per heavy atom. The minimum Gasteiger partial charge on any atom is -0.382 e. The molecule has 0 aliphatic carbocycles. The van der Waals surface area contributed by atoms with E-state index in [-0.39, 0.29) is 22.0 Å². The van der Waals surface area contributed by atoms with E-state index < -0.39 is 0 Å². The van der Waals surface area contributed by atoms with Crippen LogP contribution in [0.5, 0.6) is 0 Å². The number of aromatic nitrogens is 2. The molecule has 1 aromatic rings. The first kappa shape index (κ1) is 15.3. The molecule has 6 heteroatoms. The Morgan fingerprint density at radius 1 is 1.60 bits per heavy atom. The zero-order valence-corrected chi connectivity index (χ0v) is 13.1. The highest BCUT2D eigenvalue weighted by Gasteiger charge is 2.26. The van der Waals surface area contributed by atoms with Gasteiger partial charge in [0.2, 0.25) is 0 Å². The van der Waals surface area contributed by atoms with Crippen molar-refractivity contribution in [3.63, 3.8) is 0 Å². The molecule has 1 atom stereocenters. The first-order valence-corrected chi connectivity index (χ1v) is 7.53. The predicted molar refractivity (Wildman–Crippen MR) is 82.6 cm³/mol. The number of piperidine rings is 1. The summed E-state index contributed by atoms with van der Waals surface area (Å²) in [4.78, 5) is 12.1. The van der Waals surface area contributed by atoms with Crippen LogP contribution in [0.25, 0.3) is 0 Å². The number of nitrogens with one attached hydrogen (secondary N) is 2. The topological polar surface area (TPSA) is 59.0 Å². The van der Waals surface area contributed by atoms with Gasteiger partial charge in [0, 0.05) is 13.1 Å². The SMILES string of the molecule is CC(C)n1ncc(NCC2(C)CCCNC2)c(Cl)c1=O. The molecule has 1 saturated heterocycles. The zero-order chi connectivity index (χ0) is 14.8. The van der Waals surface area contributed by atoms with Crippen LogP contribution in [-0.2, 0) is 0 Å². The maximum atomic E-state index is 12.1. The van der Waals surface area contributed by atoms with E-state index in [9.17, 15) is 4.79 Å². The van der Waals surface area contributed by atoms with Crippen molar-refractivity contribution in [2.24, 2.45) is 5.41 Å². The van der Waals surface area contributed by atoms with Gasteiger partial charge in [-0.05, 0) is 38.6 Å². The Hall–Kier alpha value is -1.07. The summed E-state index contributed by atoms with van der Waals surface area (Å²) in [5, 5.41) is 11.1. The van der Waals surface area contributed by atoms with E-state index in [0.717, 1.165) is 19.6 Å². The second-order valence-corrected chi connectivity index (χ2v) is 6.54. The third kappa shape index (κ3) is 3.33. The highest BCUT2D eigenvalue weighted by atomic mass is 35.5. The molecule has 1 aliphatic heterocycles. The fourth-order valence-corrected chi connectivity index (χ4v) is 2.72. The van der Waals surface area contributed by atoms with Gasteiger partial charge in [-0.1, -0.05) is 18.5 Å². The average Bonchev–Trinajstić information content (AvgIpc) is 2.41. The van der Waals surface area contributed by atoms with Crippen LogP contribution in [0.15, 0.2) is 11.0 Å². The molecular weight excluding hydrogens is 276 g/mol. The molecule has 0 saturated carbocycles. The number of hydrogen-bond acceptors (Lipinski definition) is 4. The molecule has 1 aromatic heterocycles. The molecule has 0 spiro atoms. The van der Waals surface area contributed by atoms with Crippen LogP contribution in [-0.4, -0.2) is 29.4 Å². The summed E-state index contributed by atoms with van der Waals surface area (Å²) in [7, 11) is 0. The maximum absolute atomic E-state index is 12.1. The molecular formula is C14H23ClN4O. The Kier molecular flexibility index (Phi) is 4.70. The van der Waals surface area contributed by atoms with Crippen LogP contribution in [0, 0.1) is 5.41 Å². The van der Waals surface area contributed by atoms with Crippen LogP contribution >= 0.6 is 11.6 Å². The van der Waals surface area contributed by atoms with E-state index in [1.165, 1.54) is 17.5 Å². The quantitative estimate of drug-likeness (QED) is 0.895. The van der Waals surface area contributed by atoms with Crippen LogP contribution in [0.4, 0.5) is 5.69 Å². The van der Waals surface area contributed by atoms with Gasteiger partial charge in [0.25, 0.3) is 5.56 Å². The van der Waals surface area contributed by atoms with Gasteiger partial charge < -0.3 is 10.6 Å². The van der Waals surface area contributed by atoms with Crippen molar-refractivity contribution in [1.29, 1.82) is 0 Å². The molecule has 2 heterocycles. The van der Waals surface area contributed by atoms with Crippen molar-refractivity contribution in [1.82, 2.24) is 15.1 Å². The van der Waals surface area contributed by atoms with E-state index in [1.54, 1.807) is 6.20 Å². The highest BCUT2D eigenvalue weighted by molar-refractivity contribution is 6.32. The van der Waals surface area contributed by atoms with Crippen molar-refractivity contribution < 1.29 is 0 Å². The molecule has 1 unspecified atom stereocenters. The van der Waals surface area contributed by atoms with E-state index in [4.69, 9.17) is 11.6 Å². The van der Waals surface area contributed by atoms with Gasteiger partial charge in [-0.2, -0.15) is 5.10 Å². The standard InChI is InChI=1S/C14H23ClN4O/c1-10(2)19-13(20)12(15)11(7-18-19)17-9-14(3)5-4-6-16-8-14/h7,10,16-17H,4-6,8-9H2,1-3H3. The highest BCUT2D eigenvalue weighted by Crippen LogP contribution is 2.26. The molecule has 112 valence electrons. The summed E-state index contributed by atoms with van der Waals surface area (Å²) in [6, 6.07) is 0.00844. The summed E-state index contributed by atoms with van der Waals surface area (Å²) >= 11 is 6.15. The molecule has 20 heavy (non-hydrogen) atoms. The second kappa shape index (κ2) is 6.14. The van der Waals surface area contributed by atoms with Gasteiger partial charge in [-0.15, -0.1) is 0 Å². The molecule has 0 aromatic carbocycles. The smallest absolute Gasteiger partial charge is 0.287 e. The third-order valence-electron chi connectivity index (χ3n) is 3.82. The Bertz CT molecular complexity index is 520. The Morgan fingerprint density at radius 3 is 2.95 bits per heavy atom. The average molecular weight is 299 g/mol. The minimum atomic E-state index is -0.237. The zero-order valence-electron chi connectivity index (χ0n) is 12.4. The van der Waals surface area contributed by atoms with Gasteiger partial charge in [-0.25, -0.2) is 4.68 Å². The lowest BCUT2D eigenvalue weighted by Crippen LogP contribution is -2.42. The molecule has 1 aliphatic rings. The van der Waals surface area contributed by atoms with Gasteiger partial charge in [0.15, 0.2) is 0 Å². The molecule has 2 N–H and O–H groups in total. The second-order valence-electron chi connectivity index (χ2n) is 6.16. The summed E-state index contributed by atoms with van der Waals surface area (Å²) in [6.07, 6.45) is 3.99. The monoisotopic (exact) mass is 298 g/mol. The number of rotatable bonds is 4. The van der Waals surface area contributed by atoms with Crippen molar-refractivity contribution in [2.75, 3.05) is 25.0 Å². The minimum absolute atomic E-state index is 0.00844. The summed E-state index contributed by atoms with van der Waals surface area (Å²) in [5.41, 5.74) is 0.577. The lowest BCUT2D eigenvalue weighted by Gasteiger charge is -2.34. The van der Waals surface area contributed by atoms with Gasteiger partial charge in [0.1, 0.15) is 5.02 Å². The van der Waals surface area contributed by atoms with Crippen molar-refractivity contribution >= 4 is 17.3 Å². The van der Waals surface area contributed by atoms with Gasteiger partial charge in [0.05, 0.1) is 17.9 Å². The summed E-state index contributed by atoms with van der Waals surface area (Å²) in [6.45, 7) is 8.91. The number of anilines is 1. The predicted octanol–water partition coefficient (Wildman–Crippen LogP) is 2.28. The molecule has 1 fully saturated rings. The number of nitrogens with zero attached hydrogens (tertiary/aromatic N) is 2. The van der Waals surface area contributed by atoms with Gasteiger partial charge in [-0.3, -0.25) is 4.79 Å². The molecule has 0 radical (unpaired) electrons. The van der Waals surface area contributed by atoms with Crippen molar-refractivity contribution in [3.05, 3.63) is 21.6 Å². The van der Waals surface area contributed by atoms with Gasteiger partial charge >= 0.3 is 0 Å². The first-order valence-electron chi connectivity index (χ1n) is 7.15. The molecule has 2 rings (SSSR count). The fraction of sp³-hybridized carbons (Fsp3) is 0.714. The summed E-state index contributed by atoms with van der Waals surface area (Å²) < 4.78 is 1.40.